The fourth-order valence-corrected chi connectivity index (χ4v) is 1.95. The van der Waals surface area contributed by atoms with E-state index in [9.17, 15) is 9.70 Å². The third-order valence-electron chi connectivity index (χ3n) is 2.28. The van der Waals surface area contributed by atoms with Crippen molar-refractivity contribution < 1.29 is 14.7 Å². The van der Waals surface area contributed by atoms with E-state index in [0.717, 1.165) is 22.1 Å². The first-order chi connectivity index (χ1) is 9.06. The van der Waals surface area contributed by atoms with Crippen LogP contribution < -0.4 is 0 Å². The second-order valence-electron chi connectivity index (χ2n) is 3.71. The van der Waals surface area contributed by atoms with E-state index >= 15 is 0 Å². The summed E-state index contributed by atoms with van der Waals surface area (Å²) in [5.74, 6) is -0.507. The average Bonchev–Trinajstić information content (AvgIpc) is 2.85. The van der Waals surface area contributed by atoms with Gasteiger partial charge in [-0.1, -0.05) is 23.9 Å². The molecule has 1 heterocycles. The number of H-pyrrole nitrogens is 1. The van der Waals surface area contributed by atoms with E-state index < -0.39 is 5.97 Å². The highest BCUT2D eigenvalue weighted by atomic mass is 32.2. The summed E-state index contributed by atoms with van der Waals surface area (Å²) in [4.78, 5) is 24.6. The molecule has 0 amide bonds. The van der Waals surface area contributed by atoms with Crippen molar-refractivity contribution in [1.82, 2.24) is 15.2 Å². The Labute approximate surface area is 112 Å². The van der Waals surface area contributed by atoms with E-state index in [1.165, 1.54) is 7.05 Å². The van der Waals surface area contributed by atoms with Crippen molar-refractivity contribution in [2.45, 2.75) is 5.16 Å². The molecule has 0 saturated carbocycles. The number of thioether (sulfide) groups is 1. The fourth-order valence-electron chi connectivity index (χ4n) is 1.42. The summed E-state index contributed by atoms with van der Waals surface area (Å²) < 4.78 is 0.750. The molecule has 2 N–H and O–H groups in total. The van der Waals surface area contributed by atoms with E-state index in [2.05, 4.69) is 15.2 Å². The van der Waals surface area contributed by atoms with Crippen molar-refractivity contribution in [3.8, 4) is 11.4 Å². The Morgan fingerprint density at radius 2 is 2.26 bits per heavy atom. The van der Waals surface area contributed by atoms with Crippen LogP contribution >= 0.6 is 11.8 Å². The van der Waals surface area contributed by atoms with Crippen LogP contribution in [0.25, 0.3) is 11.4 Å². The van der Waals surface area contributed by atoms with Crippen molar-refractivity contribution >= 4 is 23.4 Å². The standard InChI is InChI=1S/C11H10N4O3S/c1-15(18)8-4-2-3-7(5-8)10-12-11(14-13-10)19-6-9(16)17/h2-5H,6H2,1H3,(H-,12,13,14,16,17)/p+1. The monoisotopic (exact) mass is 279 g/mol. The lowest BCUT2D eigenvalue weighted by Crippen LogP contribution is -1.97. The summed E-state index contributed by atoms with van der Waals surface area (Å²) in [6, 6.07) is 6.90. The number of aliphatic carboxylic acids is 1. The Morgan fingerprint density at radius 3 is 2.95 bits per heavy atom. The van der Waals surface area contributed by atoms with Crippen molar-refractivity contribution in [3.63, 3.8) is 0 Å². The Hall–Kier alpha value is -2.22. The second-order valence-corrected chi connectivity index (χ2v) is 4.67. The maximum atomic E-state index is 11.2. The van der Waals surface area contributed by atoms with Crippen LogP contribution in [-0.2, 0) is 4.79 Å². The topological polar surface area (TPSA) is 98.9 Å². The number of nitrogens with one attached hydrogen (secondary N) is 1. The van der Waals surface area contributed by atoms with Gasteiger partial charge in [0.15, 0.2) is 18.0 Å². The Morgan fingerprint density at radius 1 is 1.47 bits per heavy atom. The minimum Gasteiger partial charge on any atom is -0.481 e. The van der Waals surface area contributed by atoms with Gasteiger partial charge in [-0.25, -0.2) is 0 Å². The number of aromatic amines is 1. The van der Waals surface area contributed by atoms with Crippen LogP contribution in [0.4, 0.5) is 5.69 Å². The van der Waals surface area contributed by atoms with Gasteiger partial charge in [0.05, 0.1) is 5.75 Å². The van der Waals surface area contributed by atoms with Gasteiger partial charge in [0.1, 0.15) is 0 Å². The summed E-state index contributed by atoms with van der Waals surface area (Å²) >= 11 is 1.05. The van der Waals surface area contributed by atoms with Gasteiger partial charge in [0.2, 0.25) is 0 Å². The van der Waals surface area contributed by atoms with Gasteiger partial charge in [-0.2, -0.15) is 0 Å². The SMILES string of the molecule is C[N+](=O)c1cccc(-c2nnc(SCC(=O)O)[nH]2)c1. The lowest BCUT2D eigenvalue weighted by molar-refractivity contribution is -0.428. The summed E-state index contributed by atoms with van der Waals surface area (Å²) in [5.41, 5.74) is 1.23. The molecule has 0 atom stereocenters. The summed E-state index contributed by atoms with van der Waals surface area (Å²) in [6.45, 7) is 0. The number of carbonyl (C=O) groups is 1. The first-order valence-corrected chi connectivity index (χ1v) is 6.33. The molecule has 0 fully saturated rings. The average molecular weight is 279 g/mol. The summed E-state index contributed by atoms with van der Waals surface area (Å²) in [7, 11) is 1.41. The molecular weight excluding hydrogens is 268 g/mol. The molecule has 2 rings (SSSR count). The van der Waals surface area contributed by atoms with Crippen LogP contribution in [0.3, 0.4) is 0 Å². The molecule has 0 radical (unpaired) electrons. The number of benzene rings is 1. The molecule has 0 spiro atoms. The fraction of sp³-hybridized carbons (Fsp3) is 0.182. The van der Waals surface area contributed by atoms with Crippen molar-refractivity contribution in [2.24, 2.45) is 0 Å². The molecule has 0 aliphatic carbocycles. The molecular formula is C11H11N4O3S+. The van der Waals surface area contributed by atoms with Crippen LogP contribution in [0.5, 0.6) is 0 Å². The van der Waals surface area contributed by atoms with E-state index in [-0.39, 0.29) is 5.75 Å². The number of rotatable bonds is 5. The molecule has 0 bridgehead atoms. The van der Waals surface area contributed by atoms with Crippen molar-refractivity contribution in [3.05, 3.63) is 29.2 Å². The first-order valence-electron chi connectivity index (χ1n) is 5.35. The van der Waals surface area contributed by atoms with E-state index in [1.807, 2.05) is 0 Å². The zero-order valence-corrected chi connectivity index (χ0v) is 10.8. The highest BCUT2D eigenvalue weighted by Gasteiger charge is 2.11. The Bertz CT molecular complexity index is 626. The molecule has 0 aliphatic heterocycles. The van der Waals surface area contributed by atoms with Crippen molar-refractivity contribution in [1.29, 1.82) is 0 Å². The molecule has 0 saturated heterocycles. The molecule has 2 aromatic rings. The lowest BCUT2D eigenvalue weighted by Gasteiger charge is -1.95. The van der Waals surface area contributed by atoms with Crippen LogP contribution in [0.2, 0.25) is 0 Å². The molecule has 19 heavy (non-hydrogen) atoms. The van der Waals surface area contributed by atoms with Crippen LogP contribution in [-0.4, -0.2) is 43.8 Å². The minimum atomic E-state index is -0.919. The first kappa shape index (κ1) is 13.2. The molecule has 8 heteroatoms. The van der Waals surface area contributed by atoms with Gasteiger partial charge >= 0.3 is 5.97 Å². The van der Waals surface area contributed by atoms with Gasteiger partial charge in [-0.05, 0) is 0 Å². The van der Waals surface area contributed by atoms with Gasteiger partial charge in [-0.15, -0.1) is 10.2 Å². The molecule has 0 aliphatic rings. The number of nitroso groups, excluding NO2 is 1. The zero-order valence-electron chi connectivity index (χ0n) is 10.0. The predicted octanol–water partition coefficient (Wildman–Crippen LogP) is 1.69. The molecule has 98 valence electrons. The number of aromatic nitrogens is 3. The number of hydrogen-bond acceptors (Lipinski definition) is 5. The van der Waals surface area contributed by atoms with Gasteiger partial charge < -0.3 is 10.1 Å². The summed E-state index contributed by atoms with van der Waals surface area (Å²) in [5, 5.41) is 16.8. The van der Waals surface area contributed by atoms with Gasteiger partial charge in [0.25, 0.3) is 5.69 Å². The number of hydrogen-bond donors (Lipinski definition) is 2. The lowest BCUT2D eigenvalue weighted by atomic mass is 10.2. The number of nitrogens with zero attached hydrogens (tertiary/aromatic N) is 3. The van der Waals surface area contributed by atoms with Crippen molar-refractivity contribution in [2.75, 3.05) is 12.8 Å². The molecule has 1 aromatic heterocycles. The van der Waals surface area contributed by atoms with Gasteiger partial charge in [-0.3, -0.25) is 4.79 Å². The predicted molar refractivity (Wildman–Crippen MR) is 69.4 cm³/mol. The third kappa shape index (κ3) is 3.38. The van der Waals surface area contributed by atoms with E-state index in [1.54, 1.807) is 24.3 Å². The molecule has 7 nitrogen and oxygen atoms in total. The largest absolute Gasteiger partial charge is 0.481 e. The maximum Gasteiger partial charge on any atom is 0.313 e. The number of carboxylic acids is 1. The number of carboxylic acid groups (broad SMARTS) is 1. The Balaban J connectivity index is 2.20. The normalized spacial score (nSPS) is 10.4. The Kier molecular flexibility index (Phi) is 3.91. The van der Waals surface area contributed by atoms with Gasteiger partial charge in [0, 0.05) is 27.4 Å². The summed E-state index contributed by atoms with van der Waals surface area (Å²) in [6.07, 6.45) is 0. The zero-order chi connectivity index (χ0) is 13.8. The highest BCUT2D eigenvalue weighted by Crippen LogP contribution is 2.22. The highest BCUT2D eigenvalue weighted by molar-refractivity contribution is 7.99. The quantitative estimate of drug-likeness (QED) is 0.638. The maximum absolute atomic E-state index is 11.2. The van der Waals surface area contributed by atoms with Crippen LogP contribution in [0, 0.1) is 4.91 Å². The van der Waals surface area contributed by atoms with Crippen LogP contribution in [0.15, 0.2) is 29.4 Å². The van der Waals surface area contributed by atoms with E-state index in [4.69, 9.17) is 5.11 Å². The van der Waals surface area contributed by atoms with Crippen LogP contribution in [0.1, 0.15) is 0 Å². The smallest absolute Gasteiger partial charge is 0.313 e. The minimum absolute atomic E-state index is 0.0853. The molecule has 1 aromatic carbocycles. The third-order valence-corrected chi connectivity index (χ3v) is 3.13. The molecule has 0 unspecified atom stereocenters. The van der Waals surface area contributed by atoms with E-state index in [0.29, 0.717) is 16.7 Å². The second kappa shape index (κ2) is 5.61.